The summed E-state index contributed by atoms with van der Waals surface area (Å²) in [4.78, 5) is 23.0. The molecule has 1 amide bonds. The largest absolute Gasteiger partial charge is 0.487 e. The molecule has 0 aromatic heterocycles. The topological polar surface area (TPSA) is 105 Å². The fraction of sp³-hybridized carbons (Fsp3) is 0.0833. The summed E-state index contributed by atoms with van der Waals surface area (Å²) < 4.78 is 7.64. The minimum Gasteiger partial charge on any atom is -0.487 e. The zero-order valence-corrected chi connectivity index (χ0v) is 23.8. The Hall–Kier alpha value is -2.40. The molecule has 35 heavy (non-hydrogen) atoms. The highest BCUT2D eigenvalue weighted by Crippen LogP contribution is 2.35. The molecule has 0 fully saturated rings. The Labute approximate surface area is 238 Å². The standard InChI is InChI=1S/C24H15Cl2I2N3O4/c1-13-3-2-4-14(5-13)12-35-23-20(27)7-15(8-21(23)28)6-16(11-29)24(32)30-22-18(25)9-17(31(33)34)10-19(22)26/h2-10H,12H2,1H3,(H,30,32)/b16-6+. The summed E-state index contributed by atoms with van der Waals surface area (Å²) >= 11 is 16.4. The van der Waals surface area contributed by atoms with Gasteiger partial charge in [-0.15, -0.1) is 0 Å². The van der Waals surface area contributed by atoms with E-state index in [-0.39, 0.29) is 27.0 Å². The number of nitrogens with zero attached hydrogens (tertiary/aromatic N) is 2. The minimum absolute atomic E-state index is 0.0193. The predicted molar refractivity (Wildman–Crippen MR) is 153 cm³/mol. The first-order valence-corrected chi connectivity index (χ1v) is 12.7. The molecule has 3 aromatic carbocycles. The van der Waals surface area contributed by atoms with Gasteiger partial charge in [-0.05, 0) is 81.4 Å². The van der Waals surface area contributed by atoms with Gasteiger partial charge in [-0.25, -0.2) is 0 Å². The second kappa shape index (κ2) is 12.0. The van der Waals surface area contributed by atoms with Crippen molar-refractivity contribution in [2.45, 2.75) is 13.5 Å². The number of nitrogens with one attached hydrogen (secondary N) is 1. The molecule has 0 saturated carbocycles. The summed E-state index contributed by atoms with van der Waals surface area (Å²) in [5, 5.41) is 22.7. The van der Waals surface area contributed by atoms with Gasteiger partial charge in [0.05, 0.1) is 27.8 Å². The maximum absolute atomic E-state index is 12.7. The Balaban J connectivity index is 1.81. The Kier molecular flexibility index (Phi) is 9.34. The monoisotopic (exact) mass is 733 g/mol. The van der Waals surface area contributed by atoms with Gasteiger partial charge < -0.3 is 10.1 Å². The normalized spacial score (nSPS) is 11.0. The number of non-ortho nitro benzene ring substituents is 1. The summed E-state index contributed by atoms with van der Waals surface area (Å²) in [5.74, 6) is -0.0489. The third kappa shape index (κ3) is 7.07. The van der Waals surface area contributed by atoms with Gasteiger partial charge in [0, 0.05) is 12.1 Å². The lowest BCUT2D eigenvalue weighted by atomic mass is 10.1. The lowest BCUT2D eigenvalue weighted by Gasteiger charge is -2.12. The summed E-state index contributed by atoms with van der Waals surface area (Å²) in [7, 11) is 0. The van der Waals surface area contributed by atoms with Crippen LogP contribution in [0, 0.1) is 35.5 Å². The van der Waals surface area contributed by atoms with Crippen LogP contribution in [0.4, 0.5) is 11.4 Å². The lowest BCUT2D eigenvalue weighted by Crippen LogP contribution is -2.14. The third-order valence-corrected chi connectivity index (χ3v) is 6.84. The molecule has 0 aliphatic carbocycles. The molecule has 0 unspecified atom stereocenters. The number of nitro groups is 1. The Morgan fingerprint density at radius 1 is 1.17 bits per heavy atom. The van der Waals surface area contributed by atoms with Crippen molar-refractivity contribution in [3.8, 4) is 11.8 Å². The Bertz CT molecular complexity index is 1360. The first-order valence-electron chi connectivity index (χ1n) is 9.83. The number of benzene rings is 3. The van der Waals surface area contributed by atoms with Crippen molar-refractivity contribution < 1.29 is 14.5 Å². The average molecular weight is 734 g/mol. The van der Waals surface area contributed by atoms with Crippen LogP contribution in [-0.4, -0.2) is 10.8 Å². The van der Waals surface area contributed by atoms with E-state index < -0.39 is 10.8 Å². The number of nitriles is 1. The number of ether oxygens (including phenoxy) is 1. The Morgan fingerprint density at radius 2 is 1.80 bits per heavy atom. The van der Waals surface area contributed by atoms with E-state index in [1.165, 1.54) is 6.08 Å². The summed E-state index contributed by atoms with van der Waals surface area (Å²) in [6.45, 7) is 2.43. The van der Waals surface area contributed by atoms with Crippen LogP contribution in [0.25, 0.3) is 6.08 Å². The number of halogens is 4. The van der Waals surface area contributed by atoms with E-state index in [2.05, 4.69) is 56.6 Å². The summed E-state index contributed by atoms with van der Waals surface area (Å²) in [6.07, 6.45) is 1.43. The molecule has 1 N–H and O–H groups in total. The molecule has 178 valence electrons. The third-order valence-electron chi connectivity index (χ3n) is 4.64. The number of carbonyl (C=O) groups is 1. The van der Waals surface area contributed by atoms with Crippen LogP contribution in [-0.2, 0) is 11.4 Å². The van der Waals surface area contributed by atoms with Gasteiger partial charge in [0.2, 0.25) is 0 Å². The van der Waals surface area contributed by atoms with Crippen LogP contribution in [0.1, 0.15) is 16.7 Å². The molecular formula is C24H15Cl2I2N3O4. The van der Waals surface area contributed by atoms with E-state index in [0.29, 0.717) is 17.9 Å². The van der Waals surface area contributed by atoms with Crippen molar-refractivity contribution in [2.24, 2.45) is 0 Å². The van der Waals surface area contributed by atoms with Crippen molar-refractivity contribution in [3.05, 3.63) is 98.1 Å². The maximum atomic E-state index is 12.7. The molecule has 0 saturated heterocycles. The fourth-order valence-corrected chi connectivity index (χ4v) is 5.74. The van der Waals surface area contributed by atoms with E-state index in [9.17, 15) is 20.2 Å². The van der Waals surface area contributed by atoms with E-state index in [4.69, 9.17) is 27.9 Å². The molecule has 0 heterocycles. The smallest absolute Gasteiger partial charge is 0.272 e. The fourth-order valence-electron chi connectivity index (χ4n) is 3.04. The van der Waals surface area contributed by atoms with Gasteiger partial charge >= 0.3 is 0 Å². The van der Waals surface area contributed by atoms with Gasteiger partial charge in [0.15, 0.2) is 0 Å². The van der Waals surface area contributed by atoms with Crippen LogP contribution < -0.4 is 10.1 Å². The van der Waals surface area contributed by atoms with Crippen LogP contribution in [0.5, 0.6) is 5.75 Å². The molecule has 11 heteroatoms. The van der Waals surface area contributed by atoms with Crippen LogP contribution in [0.3, 0.4) is 0 Å². The number of hydrogen-bond acceptors (Lipinski definition) is 5. The van der Waals surface area contributed by atoms with E-state index >= 15 is 0 Å². The van der Waals surface area contributed by atoms with E-state index in [1.807, 2.05) is 31.2 Å². The second-order valence-corrected chi connectivity index (χ2v) is 10.4. The Morgan fingerprint density at radius 3 is 2.34 bits per heavy atom. The number of hydrogen-bond donors (Lipinski definition) is 1. The number of amides is 1. The molecule has 7 nitrogen and oxygen atoms in total. The molecule has 0 aliphatic rings. The van der Waals surface area contributed by atoms with Crippen molar-refractivity contribution in [2.75, 3.05) is 5.32 Å². The van der Waals surface area contributed by atoms with Gasteiger partial charge in [-0.3, -0.25) is 14.9 Å². The highest BCUT2D eigenvalue weighted by molar-refractivity contribution is 14.1. The van der Waals surface area contributed by atoms with Gasteiger partial charge in [0.25, 0.3) is 11.6 Å². The number of anilines is 1. The highest BCUT2D eigenvalue weighted by atomic mass is 127. The van der Waals surface area contributed by atoms with Crippen LogP contribution in [0.15, 0.2) is 54.1 Å². The minimum atomic E-state index is -0.755. The van der Waals surface area contributed by atoms with Gasteiger partial charge in [0.1, 0.15) is 24.0 Å². The van der Waals surface area contributed by atoms with E-state index in [1.54, 1.807) is 12.1 Å². The zero-order chi connectivity index (χ0) is 25.7. The summed E-state index contributed by atoms with van der Waals surface area (Å²) in [5.41, 5.74) is 2.28. The van der Waals surface area contributed by atoms with Gasteiger partial charge in [-0.1, -0.05) is 53.0 Å². The van der Waals surface area contributed by atoms with Crippen molar-refractivity contribution in [1.82, 2.24) is 0 Å². The zero-order valence-electron chi connectivity index (χ0n) is 17.9. The molecule has 0 atom stereocenters. The maximum Gasteiger partial charge on any atom is 0.272 e. The molecular weight excluding hydrogens is 719 g/mol. The predicted octanol–water partition coefficient (Wildman–Crippen LogP) is 7.54. The first-order chi connectivity index (χ1) is 16.6. The highest BCUT2D eigenvalue weighted by Gasteiger charge is 2.19. The summed E-state index contributed by atoms with van der Waals surface area (Å²) in [6, 6.07) is 15.6. The quantitative estimate of drug-likeness (QED) is 0.0889. The molecule has 3 rings (SSSR count). The number of rotatable bonds is 7. The molecule has 0 bridgehead atoms. The lowest BCUT2D eigenvalue weighted by molar-refractivity contribution is -0.384. The number of carbonyl (C=O) groups excluding carboxylic acids is 1. The van der Waals surface area contributed by atoms with Crippen LogP contribution in [0.2, 0.25) is 10.0 Å². The van der Waals surface area contributed by atoms with Crippen molar-refractivity contribution in [3.63, 3.8) is 0 Å². The van der Waals surface area contributed by atoms with E-state index in [0.717, 1.165) is 30.4 Å². The average Bonchev–Trinajstić information content (AvgIpc) is 2.79. The first kappa shape index (κ1) is 27.2. The molecule has 0 aliphatic heterocycles. The molecule has 0 spiro atoms. The van der Waals surface area contributed by atoms with Crippen molar-refractivity contribution in [1.29, 1.82) is 5.26 Å². The number of nitro benzene ring substituents is 1. The number of aryl methyl sites for hydroxylation is 1. The van der Waals surface area contributed by atoms with Gasteiger partial charge in [-0.2, -0.15) is 5.26 Å². The van der Waals surface area contributed by atoms with Crippen LogP contribution >= 0.6 is 68.4 Å². The molecule has 3 aromatic rings. The SMILES string of the molecule is Cc1cccc(COc2c(I)cc(/C=C(\C#N)C(=O)Nc3c(Cl)cc([N+](=O)[O-])cc3Cl)cc2I)c1. The second-order valence-electron chi connectivity index (χ2n) is 7.26. The molecule has 0 radical (unpaired) electrons. The van der Waals surface area contributed by atoms with Crippen molar-refractivity contribution >= 4 is 91.7 Å².